The molecule has 20 heavy (non-hydrogen) atoms. The summed E-state index contributed by atoms with van der Waals surface area (Å²) in [6.45, 7) is 1.96. The molecule has 0 fully saturated rings. The van der Waals surface area contributed by atoms with Gasteiger partial charge in [0.05, 0.1) is 14.2 Å². The van der Waals surface area contributed by atoms with Crippen LogP contribution in [0, 0.1) is 0 Å². The molecule has 0 aromatic heterocycles. The lowest BCUT2D eigenvalue weighted by Crippen LogP contribution is -1.97. The predicted octanol–water partition coefficient (Wildman–Crippen LogP) is 3.27. The monoisotopic (exact) mass is 274 g/mol. The molecule has 2 aromatic carbocycles. The molecule has 0 aliphatic heterocycles. The van der Waals surface area contributed by atoms with Crippen LogP contribution in [0.3, 0.4) is 0 Å². The second kappa shape index (κ2) is 5.74. The Morgan fingerprint density at radius 2 is 1.55 bits per heavy atom. The minimum absolute atomic E-state index is 0.0145. The molecule has 0 saturated heterocycles. The molecule has 0 bridgehead atoms. The van der Waals surface area contributed by atoms with Crippen LogP contribution >= 0.6 is 0 Å². The van der Waals surface area contributed by atoms with E-state index in [4.69, 9.17) is 9.47 Å². The maximum Gasteiger partial charge on any atom is 0.164 e. The van der Waals surface area contributed by atoms with Crippen LogP contribution in [0.2, 0.25) is 0 Å². The van der Waals surface area contributed by atoms with Crippen LogP contribution in [0.4, 0.5) is 0 Å². The Kier molecular flexibility index (Phi) is 4.03. The first kappa shape index (κ1) is 14.1. The van der Waals surface area contributed by atoms with Crippen LogP contribution < -0.4 is 9.47 Å². The topological polar surface area (TPSA) is 58.9 Å². The minimum Gasteiger partial charge on any atom is -0.508 e. The van der Waals surface area contributed by atoms with E-state index in [2.05, 4.69) is 0 Å². The van der Waals surface area contributed by atoms with Crippen LogP contribution in [0.1, 0.15) is 24.0 Å². The van der Waals surface area contributed by atoms with E-state index in [1.54, 1.807) is 7.11 Å². The summed E-state index contributed by atoms with van der Waals surface area (Å²) in [5, 5.41) is 19.9. The van der Waals surface area contributed by atoms with Gasteiger partial charge >= 0.3 is 0 Å². The molecule has 2 rings (SSSR count). The molecule has 0 aliphatic carbocycles. The third kappa shape index (κ3) is 2.64. The predicted molar refractivity (Wildman–Crippen MR) is 76.8 cm³/mol. The summed E-state index contributed by atoms with van der Waals surface area (Å²) >= 11 is 0. The first-order valence-electron chi connectivity index (χ1n) is 6.30. The van der Waals surface area contributed by atoms with Gasteiger partial charge in [0.15, 0.2) is 11.5 Å². The Morgan fingerprint density at radius 1 is 0.900 bits per heavy atom. The molecular formula is C16H18O4. The highest BCUT2D eigenvalue weighted by molar-refractivity contribution is 5.52. The van der Waals surface area contributed by atoms with Crippen molar-refractivity contribution in [3.8, 4) is 23.0 Å². The van der Waals surface area contributed by atoms with Crippen molar-refractivity contribution >= 4 is 0 Å². The number of phenols is 2. The molecule has 106 valence electrons. The number of methoxy groups -OCH3 is 2. The van der Waals surface area contributed by atoms with Gasteiger partial charge in [0, 0.05) is 17.5 Å². The van der Waals surface area contributed by atoms with Gasteiger partial charge in [0.1, 0.15) is 11.5 Å². The van der Waals surface area contributed by atoms with Gasteiger partial charge in [0.25, 0.3) is 0 Å². The fraction of sp³-hybridized carbons (Fsp3) is 0.250. The lowest BCUT2D eigenvalue weighted by Gasteiger charge is -2.16. The number of phenolic OH excluding ortho intramolecular Hbond substituents is 2. The van der Waals surface area contributed by atoms with E-state index in [-0.39, 0.29) is 23.2 Å². The Bertz CT molecular complexity index is 590. The molecule has 0 radical (unpaired) electrons. The summed E-state index contributed by atoms with van der Waals surface area (Å²) < 4.78 is 10.1. The summed E-state index contributed by atoms with van der Waals surface area (Å²) in [5.41, 5.74) is 1.67. The SMILES string of the molecule is COc1ccc(C(C)c2cc(O)c(OC)cc2O)cc1. The third-order valence-electron chi connectivity index (χ3n) is 3.41. The van der Waals surface area contributed by atoms with Gasteiger partial charge in [-0.15, -0.1) is 0 Å². The molecule has 0 aliphatic rings. The van der Waals surface area contributed by atoms with E-state index in [1.807, 2.05) is 31.2 Å². The van der Waals surface area contributed by atoms with E-state index >= 15 is 0 Å². The molecule has 4 nitrogen and oxygen atoms in total. The summed E-state index contributed by atoms with van der Waals surface area (Å²) in [7, 11) is 3.06. The summed E-state index contributed by atoms with van der Waals surface area (Å²) in [5.74, 6) is 1.09. The highest BCUT2D eigenvalue weighted by Crippen LogP contribution is 2.39. The van der Waals surface area contributed by atoms with Crippen molar-refractivity contribution in [1.82, 2.24) is 0 Å². The molecular weight excluding hydrogens is 256 g/mol. The molecule has 1 atom stereocenters. The zero-order valence-corrected chi connectivity index (χ0v) is 11.8. The fourth-order valence-corrected chi connectivity index (χ4v) is 2.16. The van der Waals surface area contributed by atoms with E-state index in [0.717, 1.165) is 11.3 Å². The van der Waals surface area contributed by atoms with Crippen molar-refractivity contribution in [2.24, 2.45) is 0 Å². The average Bonchev–Trinajstić information content (AvgIpc) is 2.48. The number of hydrogen-bond donors (Lipinski definition) is 2. The molecule has 0 spiro atoms. The highest BCUT2D eigenvalue weighted by atomic mass is 16.5. The van der Waals surface area contributed by atoms with E-state index in [9.17, 15) is 10.2 Å². The van der Waals surface area contributed by atoms with Gasteiger partial charge in [-0.2, -0.15) is 0 Å². The van der Waals surface area contributed by atoms with Gasteiger partial charge < -0.3 is 19.7 Å². The molecule has 0 amide bonds. The molecule has 0 saturated carbocycles. The number of benzene rings is 2. The maximum absolute atomic E-state index is 10.1. The molecule has 4 heteroatoms. The van der Waals surface area contributed by atoms with Crippen LogP contribution in [0.5, 0.6) is 23.0 Å². The van der Waals surface area contributed by atoms with E-state index in [0.29, 0.717) is 5.56 Å². The summed E-state index contributed by atoms with van der Waals surface area (Å²) in [4.78, 5) is 0. The van der Waals surface area contributed by atoms with Gasteiger partial charge in [-0.05, 0) is 23.8 Å². The Labute approximate surface area is 118 Å². The van der Waals surface area contributed by atoms with Gasteiger partial charge in [0.2, 0.25) is 0 Å². The first-order valence-corrected chi connectivity index (χ1v) is 6.30. The van der Waals surface area contributed by atoms with E-state index < -0.39 is 0 Å². The van der Waals surface area contributed by atoms with Crippen molar-refractivity contribution < 1.29 is 19.7 Å². The van der Waals surface area contributed by atoms with Crippen LogP contribution in [-0.2, 0) is 0 Å². The lowest BCUT2D eigenvalue weighted by atomic mass is 9.92. The van der Waals surface area contributed by atoms with Crippen molar-refractivity contribution in [2.75, 3.05) is 14.2 Å². The third-order valence-corrected chi connectivity index (χ3v) is 3.41. The number of aromatic hydroxyl groups is 2. The van der Waals surface area contributed by atoms with Crippen molar-refractivity contribution in [3.05, 3.63) is 47.5 Å². The Morgan fingerprint density at radius 3 is 2.10 bits per heavy atom. The smallest absolute Gasteiger partial charge is 0.164 e. The lowest BCUT2D eigenvalue weighted by molar-refractivity contribution is 0.367. The van der Waals surface area contributed by atoms with Gasteiger partial charge in [-0.1, -0.05) is 19.1 Å². The summed E-state index contributed by atoms with van der Waals surface area (Å²) in [6.07, 6.45) is 0. The van der Waals surface area contributed by atoms with E-state index in [1.165, 1.54) is 19.2 Å². The Hall–Kier alpha value is -2.36. The zero-order valence-electron chi connectivity index (χ0n) is 11.8. The largest absolute Gasteiger partial charge is 0.508 e. The second-order valence-corrected chi connectivity index (χ2v) is 4.58. The van der Waals surface area contributed by atoms with Gasteiger partial charge in [-0.25, -0.2) is 0 Å². The fourth-order valence-electron chi connectivity index (χ4n) is 2.16. The van der Waals surface area contributed by atoms with Crippen molar-refractivity contribution in [1.29, 1.82) is 0 Å². The normalized spacial score (nSPS) is 11.9. The molecule has 1 unspecified atom stereocenters. The van der Waals surface area contributed by atoms with Crippen LogP contribution in [-0.4, -0.2) is 24.4 Å². The summed E-state index contributed by atoms with van der Waals surface area (Å²) in [6, 6.07) is 10.6. The molecule has 0 heterocycles. The highest BCUT2D eigenvalue weighted by Gasteiger charge is 2.16. The number of hydrogen-bond acceptors (Lipinski definition) is 4. The average molecular weight is 274 g/mol. The van der Waals surface area contributed by atoms with Crippen molar-refractivity contribution in [2.45, 2.75) is 12.8 Å². The quantitative estimate of drug-likeness (QED) is 0.840. The van der Waals surface area contributed by atoms with Crippen LogP contribution in [0.25, 0.3) is 0 Å². The zero-order chi connectivity index (χ0) is 14.7. The van der Waals surface area contributed by atoms with Crippen molar-refractivity contribution in [3.63, 3.8) is 0 Å². The minimum atomic E-state index is -0.0577. The van der Waals surface area contributed by atoms with Gasteiger partial charge in [-0.3, -0.25) is 0 Å². The second-order valence-electron chi connectivity index (χ2n) is 4.58. The maximum atomic E-state index is 10.1. The number of rotatable bonds is 4. The standard InChI is InChI=1S/C16H18O4/c1-10(11-4-6-12(19-2)7-5-11)13-8-15(18)16(20-3)9-14(13)17/h4-10,17-18H,1-3H3. The molecule has 2 aromatic rings. The number of ether oxygens (including phenoxy) is 2. The van der Waals surface area contributed by atoms with Crippen LogP contribution in [0.15, 0.2) is 36.4 Å². The first-order chi connectivity index (χ1) is 9.56. The Balaban J connectivity index is 2.36. The molecule has 2 N–H and O–H groups in total.